The Hall–Kier alpha value is -1.61. The average Bonchev–Trinajstić information content (AvgIpc) is 2.17. The number of carbonyl (C=O) groups is 2. The quantitative estimate of drug-likeness (QED) is 0.549. The second kappa shape index (κ2) is 5.47. The first-order valence-corrected chi connectivity index (χ1v) is 5.85. The standard InChI is InChI=1S/C10H13O5P/c1-6-16(13,14-9(11)7(2)3)15-10(12)8(4)5/h6H,1-2,4H2,3,5H3. The van der Waals surface area contributed by atoms with Crippen LogP contribution in [0.5, 0.6) is 0 Å². The third-order valence-corrected chi connectivity index (χ3v) is 2.63. The Bertz CT molecular complexity index is 375. The van der Waals surface area contributed by atoms with E-state index in [-0.39, 0.29) is 11.1 Å². The Morgan fingerprint density at radius 2 is 1.38 bits per heavy atom. The van der Waals surface area contributed by atoms with Crippen LogP contribution < -0.4 is 0 Å². The van der Waals surface area contributed by atoms with Gasteiger partial charge in [0.05, 0.1) is 0 Å². The molecule has 0 aliphatic heterocycles. The van der Waals surface area contributed by atoms with Crippen molar-refractivity contribution in [1.29, 1.82) is 0 Å². The molecule has 0 bridgehead atoms. The van der Waals surface area contributed by atoms with Crippen LogP contribution in [0.1, 0.15) is 13.8 Å². The molecule has 0 amide bonds. The lowest BCUT2D eigenvalue weighted by Crippen LogP contribution is -2.08. The first kappa shape index (κ1) is 14.4. The van der Waals surface area contributed by atoms with Crippen LogP contribution in [0.15, 0.2) is 36.7 Å². The van der Waals surface area contributed by atoms with E-state index in [4.69, 9.17) is 0 Å². The van der Waals surface area contributed by atoms with E-state index in [9.17, 15) is 14.2 Å². The summed E-state index contributed by atoms with van der Waals surface area (Å²) in [6.07, 6.45) is 0. The van der Waals surface area contributed by atoms with Crippen molar-refractivity contribution in [1.82, 2.24) is 0 Å². The SMILES string of the molecule is C=CP(=O)(OC(=O)C(=C)C)OC(=O)C(=C)C. The smallest absolute Gasteiger partial charge is 0.376 e. The molecule has 0 rings (SSSR count). The Labute approximate surface area is 94.0 Å². The lowest BCUT2D eigenvalue weighted by molar-refractivity contribution is -0.133. The Morgan fingerprint density at radius 3 is 1.56 bits per heavy atom. The normalized spacial score (nSPS) is 10.1. The lowest BCUT2D eigenvalue weighted by atomic mass is 10.4. The molecule has 0 radical (unpaired) electrons. The van der Waals surface area contributed by atoms with E-state index in [1.807, 2.05) is 0 Å². The minimum absolute atomic E-state index is 0.0356. The monoisotopic (exact) mass is 244 g/mol. The van der Waals surface area contributed by atoms with Crippen LogP contribution in [0, 0.1) is 0 Å². The maximum atomic E-state index is 11.7. The van der Waals surface area contributed by atoms with E-state index in [2.05, 4.69) is 28.8 Å². The average molecular weight is 244 g/mol. The Balaban J connectivity index is 4.81. The molecule has 0 N–H and O–H groups in total. The van der Waals surface area contributed by atoms with Crippen LogP contribution in [0.3, 0.4) is 0 Å². The van der Waals surface area contributed by atoms with Gasteiger partial charge in [-0.3, -0.25) is 0 Å². The van der Waals surface area contributed by atoms with Gasteiger partial charge in [0.25, 0.3) is 0 Å². The van der Waals surface area contributed by atoms with Crippen LogP contribution >= 0.6 is 7.60 Å². The van der Waals surface area contributed by atoms with Crippen LogP contribution in [0.4, 0.5) is 0 Å². The zero-order chi connectivity index (χ0) is 12.9. The molecule has 0 saturated carbocycles. The van der Waals surface area contributed by atoms with Gasteiger partial charge in [-0.15, -0.1) is 0 Å². The predicted molar refractivity (Wildman–Crippen MR) is 59.6 cm³/mol. The summed E-state index contributed by atoms with van der Waals surface area (Å²) in [5, 5.41) is 0. The van der Waals surface area contributed by atoms with Gasteiger partial charge in [0.2, 0.25) is 0 Å². The topological polar surface area (TPSA) is 69.7 Å². The summed E-state index contributed by atoms with van der Waals surface area (Å²) >= 11 is 0. The van der Waals surface area contributed by atoms with Gasteiger partial charge in [0, 0.05) is 17.0 Å². The van der Waals surface area contributed by atoms with Crippen molar-refractivity contribution in [3.05, 3.63) is 36.7 Å². The zero-order valence-corrected chi connectivity index (χ0v) is 10.1. The highest BCUT2D eigenvalue weighted by Crippen LogP contribution is 2.50. The summed E-state index contributed by atoms with van der Waals surface area (Å²) in [6, 6.07) is 0. The second-order valence-corrected chi connectivity index (χ2v) is 4.85. The van der Waals surface area contributed by atoms with Gasteiger partial charge in [-0.05, 0) is 13.8 Å². The first-order valence-electron chi connectivity index (χ1n) is 4.24. The van der Waals surface area contributed by atoms with E-state index in [0.717, 1.165) is 5.82 Å². The Kier molecular flexibility index (Phi) is 4.92. The highest BCUT2D eigenvalue weighted by atomic mass is 31.2. The largest absolute Gasteiger partial charge is 0.459 e. The third kappa shape index (κ3) is 4.28. The van der Waals surface area contributed by atoms with Crippen molar-refractivity contribution in [3.8, 4) is 0 Å². The fraction of sp³-hybridized carbons (Fsp3) is 0.200. The molecule has 0 aliphatic carbocycles. The molecule has 16 heavy (non-hydrogen) atoms. The minimum atomic E-state index is -3.98. The summed E-state index contributed by atoms with van der Waals surface area (Å²) < 4.78 is 20.7. The van der Waals surface area contributed by atoms with Crippen LogP contribution in [0.2, 0.25) is 0 Å². The maximum absolute atomic E-state index is 11.7. The molecule has 0 aromatic heterocycles. The Morgan fingerprint density at radius 1 is 1.06 bits per heavy atom. The number of rotatable bonds is 5. The summed E-state index contributed by atoms with van der Waals surface area (Å²) in [4.78, 5) is 22.2. The molecule has 6 heteroatoms. The minimum Gasteiger partial charge on any atom is -0.376 e. The fourth-order valence-corrected chi connectivity index (χ4v) is 1.44. The fourth-order valence-electron chi connectivity index (χ4n) is 0.480. The van der Waals surface area contributed by atoms with E-state index >= 15 is 0 Å². The molecular weight excluding hydrogens is 231 g/mol. The van der Waals surface area contributed by atoms with Crippen molar-refractivity contribution < 1.29 is 23.2 Å². The molecule has 0 unspecified atom stereocenters. The second-order valence-electron chi connectivity index (χ2n) is 3.04. The summed E-state index contributed by atoms with van der Waals surface area (Å²) in [7, 11) is -3.98. The van der Waals surface area contributed by atoms with Crippen molar-refractivity contribution in [2.45, 2.75) is 13.8 Å². The summed E-state index contributed by atoms with van der Waals surface area (Å²) in [5.74, 6) is -1.07. The third-order valence-electron chi connectivity index (χ3n) is 1.34. The highest BCUT2D eigenvalue weighted by molar-refractivity contribution is 7.58. The van der Waals surface area contributed by atoms with Gasteiger partial charge >= 0.3 is 19.5 Å². The molecule has 5 nitrogen and oxygen atoms in total. The van der Waals surface area contributed by atoms with Crippen molar-refractivity contribution in [3.63, 3.8) is 0 Å². The molecule has 88 valence electrons. The molecular formula is C10H13O5P. The molecule has 0 saturated heterocycles. The molecule has 0 aromatic carbocycles. The predicted octanol–water partition coefficient (Wildman–Crippen LogP) is 2.56. The van der Waals surface area contributed by atoms with E-state index < -0.39 is 19.5 Å². The molecule has 0 fully saturated rings. The van der Waals surface area contributed by atoms with Gasteiger partial charge in [0.15, 0.2) is 0 Å². The van der Waals surface area contributed by atoms with Gasteiger partial charge in [-0.25, -0.2) is 14.2 Å². The molecule has 0 aliphatic rings. The van der Waals surface area contributed by atoms with Crippen molar-refractivity contribution in [2.24, 2.45) is 0 Å². The van der Waals surface area contributed by atoms with Crippen molar-refractivity contribution >= 4 is 19.5 Å². The molecule has 0 spiro atoms. The van der Waals surface area contributed by atoms with Crippen LogP contribution in [-0.2, 0) is 23.2 Å². The van der Waals surface area contributed by atoms with Gasteiger partial charge in [-0.1, -0.05) is 19.7 Å². The number of carbonyl (C=O) groups excluding carboxylic acids is 2. The van der Waals surface area contributed by atoms with E-state index in [1.54, 1.807) is 0 Å². The van der Waals surface area contributed by atoms with Gasteiger partial charge in [-0.2, -0.15) is 0 Å². The van der Waals surface area contributed by atoms with E-state index in [1.165, 1.54) is 13.8 Å². The molecule has 0 aromatic rings. The summed E-state index contributed by atoms with van der Waals surface area (Å²) in [6.45, 7) is 12.5. The maximum Gasteiger partial charge on any atom is 0.459 e. The van der Waals surface area contributed by atoms with Crippen molar-refractivity contribution in [2.75, 3.05) is 0 Å². The van der Waals surface area contributed by atoms with E-state index in [0.29, 0.717) is 0 Å². The molecule has 0 atom stereocenters. The first-order chi connectivity index (χ1) is 7.22. The molecule has 0 heterocycles. The van der Waals surface area contributed by atoms with Gasteiger partial charge in [0.1, 0.15) is 0 Å². The lowest BCUT2D eigenvalue weighted by Gasteiger charge is -2.13. The van der Waals surface area contributed by atoms with Crippen LogP contribution in [-0.4, -0.2) is 11.9 Å². The number of hydrogen-bond donors (Lipinski definition) is 0. The van der Waals surface area contributed by atoms with Gasteiger partial charge < -0.3 is 9.05 Å². The number of hydrogen-bond acceptors (Lipinski definition) is 5. The zero-order valence-electron chi connectivity index (χ0n) is 9.19. The van der Waals surface area contributed by atoms with Crippen LogP contribution in [0.25, 0.3) is 0 Å². The summed E-state index contributed by atoms with van der Waals surface area (Å²) in [5.41, 5.74) is 0.0712. The highest BCUT2D eigenvalue weighted by Gasteiger charge is 2.29.